The van der Waals surface area contributed by atoms with E-state index < -0.39 is 5.97 Å². The number of methoxy groups -OCH3 is 1. The van der Waals surface area contributed by atoms with Gasteiger partial charge in [-0.1, -0.05) is 11.8 Å². The lowest BCUT2D eigenvalue weighted by Gasteiger charge is -2.11. The third kappa shape index (κ3) is 3.68. The molecule has 2 aliphatic rings. The van der Waals surface area contributed by atoms with Crippen molar-refractivity contribution in [1.82, 2.24) is 14.8 Å². The van der Waals surface area contributed by atoms with Crippen molar-refractivity contribution in [3.63, 3.8) is 0 Å². The zero-order valence-electron chi connectivity index (χ0n) is 14.9. The molecule has 2 heterocycles. The molecule has 0 atom stereocenters. The molecule has 0 aliphatic heterocycles. The molecule has 0 bridgehead atoms. The van der Waals surface area contributed by atoms with Crippen LogP contribution in [0.1, 0.15) is 52.5 Å². The number of ether oxygens (including phenoxy) is 1. The molecule has 8 nitrogen and oxygen atoms in total. The van der Waals surface area contributed by atoms with Gasteiger partial charge in [-0.2, -0.15) is 0 Å². The number of thioether (sulfide) groups is 1. The van der Waals surface area contributed by atoms with Crippen LogP contribution in [0.5, 0.6) is 0 Å². The van der Waals surface area contributed by atoms with Crippen molar-refractivity contribution in [2.24, 2.45) is 0 Å². The third-order valence-electron chi connectivity index (χ3n) is 4.73. The van der Waals surface area contributed by atoms with Gasteiger partial charge >= 0.3 is 11.7 Å². The fourth-order valence-electron chi connectivity index (χ4n) is 3.31. The van der Waals surface area contributed by atoms with Gasteiger partial charge in [-0.3, -0.25) is 9.36 Å². The number of H-pyrrole nitrogens is 1. The lowest BCUT2D eigenvalue weighted by molar-refractivity contribution is -0.113. The van der Waals surface area contributed by atoms with Gasteiger partial charge in [0.05, 0.1) is 18.4 Å². The van der Waals surface area contributed by atoms with E-state index in [-0.39, 0.29) is 23.4 Å². The SMILES string of the molecule is COC(=O)c1c(NC(=O)CSc2n[nH]c(=O)n2C2CC2)sc2c1CCCC2. The zero-order chi connectivity index (χ0) is 19.0. The number of nitrogens with one attached hydrogen (secondary N) is 2. The minimum atomic E-state index is -0.410. The Bertz CT molecular complexity index is 941. The average molecular weight is 409 g/mol. The Morgan fingerprint density at radius 1 is 1.37 bits per heavy atom. The van der Waals surface area contributed by atoms with E-state index in [1.165, 1.54) is 30.2 Å². The summed E-state index contributed by atoms with van der Waals surface area (Å²) < 4.78 is 6.54. The molecule has 2 aromatic rings. The van der Waals surface area contributed by atoms with Crippen molar-refractivity contribution in [2.45, 2.75) is 49.7 Å². The number of rotatable bonds is 6. The van der Waals surface area contributed by atoms with E-state index >= 15 is 0 Å². The number of hydrogen-bond acceptors (Lipinski definition) is 7. The predicted octanol–water partition coefficient (Wildman–Crippen LogP) is 2.36. The summed E-state index contributed by atoms with van der Waals surface area (Å²) in [6.45, 7) is 0. The van der Waals surface area contributed by atoms with Crippen molar-refractivity contribution in [3.05, 3.63) is 26.5 Å². The van der Waals surface area contributed by atoms with Crippen molar-refractivity contribution in [1.29, 1.82) is 0 Å². The first-order chi connectivity index (χ1) is 13.1. The molecule has 2 aliphatic carbocycles. The molecule has 0 aromatic carbocycles. The van der Waals surface area contributed by atoms with Gasteiger partial charge in [0, 0.05) is 10.9 Å². The number of anilines is 1. The van der Waals surface area contributed by atoms with Crippen LogP contribution in [-0.4, -0.2) is 39.5 Å². The van der Waals surface area contributed by atoms with Crippen molar-refractivity contribution >= 4 is 40.0 Å². The number of thiophene rings is 1. The molecule has 0 saturated heterocycles. The van der Waals surface area contributed by atoms with Gasteiger partial charge in [0.25, 0.3) is 0 Å². The number of aromatic amines is 1. The van der Waals surface area contributed by atoms with Crippen LogP contribution < -0.4 is 11.0 Å². The van der Waals surface area contributed by atoms with Crippen LogP contribution in [0.15, 0.2) is 9.95 Å². The monoisotopic (exact) mass is 408 g/mol. The second-order valence-corrected chi connectivity index (χ2v) is 8.70. The standard InChI is InChI=1S/C17H20N4O4S2/c1-25-15(23)13-10-4-2-3-5-11(10)27-14(13)18-12(22)8-26-17-20-19-16(24)21(17)9-6-7-9/h9H,2-8H2,1H3,(H,18,22)(H,19,24). The van der Waals surface area contributed by atoms with E-state index in [0.717, 1.165) is 49.0 Å². The second kappa shape index (κ2) is 7.51. The number of aryl methyl sites for hydroxylation is 1. The number of carbonyl (C=O) groups is 2. The normalized spacial score (nSPS) is 16.0. The smallest absolute Gasteiger partial charge is 0.344 e. The number of fused-ring (bicyclic) bond motifs is 1. The highest BCUT2D eigenvalue weighted by Gasteiger charge is 2.29. The molecule has 144 valence electrons. The summed E-state index contributed by atoms with van der Waals surface area (Å²) in [5, 5.41) is 10.4. The van der Waals surface area contributed by atoms with Crippen LogP contribution >= 0.6 is 23.1 Å². The summed E-state index contributed by atoms with van der Waals surface area (Å²) in [6, 6.07) is 0.191. The number of amides is 1. The first-order valence-corrected chi connectivity index (χ1v) is 10.7. The van der Waals surface area contributed by atoms with E-state index in [9.17, 15) is 14.4 Å². The molecule has 2 N–H and O–H groups in total. The topological polar surface area (TPSA) is 106 Å². The Morgan fingerprint density at radius 2 is 2.15 bits per heavy atom. The van der Waals surface area contributed by atoms with Crippen molar-refractivity contribution < 1.29 is 14.3 Å². The molecule has 1 fully saturated rings. The van der Waals surface area contributed by atoms with Gasteiger partial charge in [-0.15, -0.1) is 16.4 Å². The third-order valence-corrected chi connectivity index (χ3v) is 6.89. The number of carbonyl (C=O) groups excluding carboxylic acids is 2. The molecule has 1 amide bonds. The lowest BCUT2D eigenvalue weighted by Crippen LogP contribution is -2.18. The number of nitrogens with zero attached hydrogens (tertiary/aromatic N) is 2. The van der Waals surface area contributed by atoms with Gasteiger partial charge in [0.1, 0.15) is 5.00 Å². The summed E-state index contributed by atoms with van der Waals surface area (Å²) in [7, 11) is 1.35. The van der Waals surface area contributed by atoms with Crippen LogP contribution in [0.4, 0.5) is 5.00 Å². The molecule has 2 aromatic heterocycles. The van der Waals surface area contributed by atoms with Crippen LogP contribution in [0, 0.1) is 0 Å². The maximum atomic E-state index is 12.5. The molecule has 0 spiro atoms. The first-order valence-electron chi connectivity index (χ1n) is 8.91. The van der Waals surface area contributed by atoms with E-state index in [4.69, 9.17) is 4.74 Å². The number of aromatic nitrogens is 3. The Kier molecular flexibility index (Phi) is 5.09. The number of hydrogen-bond donors (Lipinski definition) is 2. The van der Waals surface area contributed by atoms with Gasteiger partial charge in [-0.05, 0) is 44.1 Å². The minimum Gasteiger partial charge on any atom is -0.465 e. The number of esters is 1. The minimum absolute atomic E-state index is 0.111. The molecule has 27 heavy (non-hydrogen) atoms. The van der Waals surface area contributed by atoms with Gasteiger partial charge in [0.15, 0.2) is 5.16 Å². The maximum absolute atomic E-state index is 12.5. The molecular weight excluding hydrogens is 388 g/mol. The highest BCUT2D eigenvalue weighted by atomic mass is 32.2. The van der Waals surface area contributed by atoms with Crippen molar-refractivity contribution in [2.75, 3.05) is 18.2 Å². The fraction of sp³-hybridized carbons (Fsp3) is 0.529. The molecule has 4 rings (SSSR count). The highest BCUT2D eigenvalue weighted by Crippen LogP contribution is 2.39. The second-order valence-electron chi connectivity index (χ2n) is 6.66. The quantitative estimate of drug-likeness (QED) is 0.561. The van der Waals surface area contributed by atoms with E-state index in [0.29, 0.717) is 15.7 Å². The molecule has 10 heteroatoms. The Hall–Kier alpha value is -2.07. The van der Waals surface area contributed by atoms with Crippen LogP contribution in [0.2, 0.25) is 0 Å². The Balaban J connectivity index is 1.48. The zero-order valence-corrected chi connectivity index (χ0v) is 16.5. The Morgan fingerprint density at radius 3 is 2.89 bits per heavy atom. The average Bonchev–Trinajstić information content (AvgIpc) is 3.33. The van der Waals surface area contributed by atoms with E-state index in [2.05, 4.69) is 15.5 Å². The van der Waals surface area contributed by atoms with Gasteiger partial charge < -0.3 is 10.1 Å². The lowest BCUT2D eigenvalue weighted by atomic mass is 9.95. The van der Waals surface area contributed by atoms with Crippen LogP contribution in [0.25, 0.3) is 0 Å². The molecule has 0 radical (unpaired) electrons. The molecular formula is C17H20N4O4S2. The Labute approximate surface area is 163 Å². The van der Waals surface area contributed by atoms with Gasteiger partial charge in [0.2, 0.25) is 5.91 Å². The predicted molar refractivity (Wildman–Crippen MR) is 103 cm³/mol. The summed E-state index contributed by atoms with van der Waals surface area (Å²) in [5.41, 5.74) is 1.26. The molecule has 0 unspecified atom stereocenters. The van der Waals surface area contributed by atoms with Crippen molar-refractivity contribution in [3.8, 4) is 0 Å². The first kappa shape index (κ1) is 18.3. The van der Waals surface area contributed by atoms with Gasteiger partial charge in [-0.25, -0.2) is 14.7 Å². The summed E-state index contributed by atoms with van der Waals surface area (Å²) in [4.78, 5) is 37.7. The fourth-order valence-corrected chi connectivity index (χ4v) is 5.42. The van der Waals surface area contributed by atoms with E-state index in [1.807, 2.05) is 0 Å². The molecule has 1 saturated carbocycles. The van der Waals surface area contributed by atoms with Crippen LogP contribution in [-0.2, 0) is 22.4 Å². The van der Waals surface area contributed by atoms with Crippen LogP contribution in [0.3, 0.4) is 0 Å². The van der Waals surface area contributed by atoms with E-state index in [1.54, 1.807) is 4.57 Å². The summed E-state index contributed by atoms with van der Waals surface area (Å²) in [6.07, 6.45) is 5.81. The highest BCUT2D eigenvalue weighted by molar-refractivity contribution is 7.99. The maximum Gasteiger partial charge on any atom is 0.344 e. The summed E-state index contributed by atoms with van der Waals surface area (Å²) in [5.74, 6) is -0.533. The summed E-state index contributed by atoms with van der Waals surface area (Å²) >= 11 is 2.67. The largest absolute Gasteiger partial charge is 0.465 e.